The maximum Gasteiger partial charge on any atom is 0.257 e. The standard InChI is InChI=1S/C28H32N4O5S/c1-5-31(17-27(33)29-20-8-6-9-21(15-20)35-2)18-28(34)32-23(16-22(30-32)26-10-7-13-38-26)19-11-12-24(36-3)25(14-19)37-4/h6-15,23H,5,16-18H2,1-4H3,(H,29,33)/t23-/m0/s1. The first-order valence-electron chi connectivity index (χ1n) is 12.3. The SMILES string of the molecule is CCN(CC(=O)Nc1cccc(OC)c1)CC(=O)N1N=C(c2cccs2)C[C@H]1c1ccc(OC)c(OC)c1. The fraction of sp³-hybridized carbons (Fsp3) is 0.321. The van der Waals surface area contributed by atoms with Gasteiger partial charge in [-0.2, -0.15) is 5.10 Å². The second kappa shape index (κ2) is 12.6. The Morgan fingerprint density at radius 2 is 1.84 bits per heavy atom. The zero-order chi connectivity index (χ0) is 27.1. The van der Waals surface area contributed by atoms with Gasteiger partial charge in [-0.15, -0.1) is 11.3 Å². The quantitative estimate of drug-likeness (QED) is 0.390. The van der Waals surface area contributed by atoms with Crippen LogP contribution in [-0.2, 0) is 9.59 Å². The number of carbonyl (C=O) groups excluding carboxylic acids is 2. The lowest BCUT2D eigenvalue weighted by Crippen LogP contribution is -2.41. The van der Waals surface area contributed by atoms with E-state index < -0.39 is 0 Å². The van der Waals surface area contributed by atoms with Gasteiger partial charge in [0.05, 0.1) is 51.0 Å². The van der Waals surface area contributed by atoms with Crippen molar-refractivity contribution in [2.45, 2.75) is 19.4 Å². The molecule has 0 radical (unpaired) electrons. The lowest BCUT2D eigenvalue weighted by molar-refractivity contribution is -0.134. The van der Waals surface area contributed by atoms with Crippen LogP contribution in [0.4, 0.5) is 5.69 Å². The van der Waals surface area contributed by atoms with E-state index in [9.17, 15) is 9.59 Å². The van der Waals surface area contributed by atoms with Crippen LogP contribution in [0.1, 0.15) is 29.8 Å². The summed E-state index contributed by atoms with van der Waals surface area (Å²) in [6.45, 7) is 2.55. The number of benzene rings is 2. The molecular weight excluding hydrogens is 504 g/mol. The predicted octanol–water partition coefficient (Wildman–Crippen LogP) is 4.41. The largest absolute Gasteiger partial charge is 0.497 e. The summed E-state index contributed by atoms with van der Waals surface area (Å²) in [6.07, 6.45) is 0.574. The number of nitrogens with zero attached hydrogens (tertiary/aromatic N) is 3. The minimum atomic E-state index is -0.302. The molecule has 0 bridgehead atoms. The molecule has 0 saturated heterocycles. The van der Waals surface area contributed by atoms with Gasteiger partial charge in [0.1, 0.15) is 5.75 Å². The zero-order valence-electron chi connectivity index (χ0n) is 22.0. The van der Waals surface area contributed by atoms with Gasteiger partial charge in [0.15, 0.2) is 11.5 Å². The summed E-state index contributed by atoms with van der Waals surface area (Å²) in [6, 6.07) is 16.5. The molecule has 1 atom stereocenters. The van der Waals surface area contributed by atoms with Crippen LogP contribution in [0.5, 0.6) is 17.2 Å². The topological polar surface area (TPSA) is 92.7 Å². The van der Waals surface area contributed by atoms with Crippen LogP contribution in [0.3, 0.4) is 0 Å². The number of methoxy groups -OCH3 is 3. The highest BCUT2D eigenvalue weighted by atomic mass is 32.1. The van der Waals surface area contributed by atoms with Gasteiger partial charge in [-0.05, 0) is 47.8 Å². The van der Waals surface area contributed by atoms with Crippen molar-refractivity contribution in [1.29, 1.82) is 0 Å². The number of hydrogen-bond donors (Lipinski definition) is 1. The average molecular weight is 537 g/mol. The van der Waals surface area contributed by atoms with Crippen LogP contribution in [0.2, 0.25) is 0 Å². The number of carbonyl (C=O) groups is 2. The number of thiophene rings is 1. The molecule has 1 N–H and O–H groups in total. The summed E-state index contributed by atoms with van der Waals surface area (Å²) >= 11 is 1.59. The molecule has 0 saturated carbocycles. The Morgan fingerprint density at radius 1 is 1.03 bits per heavy atom. The highest BCUT2D eigenvalue weighted by Crippen LogP contribution is 2.38. The van der Waals surface area contributed by atoms with Crippen molar-refractivity contribution in [3.63, 3.8) is 0 Å². The number of nitrogens with one attached hydrogen (secondary N) is 1. The highest BCUT2D eigenvalue weighted by molar-refractivity contribution is 7.12. The number of hydrazone groups is 1. The van der Waals surface area contributed by atoms with Crippen LogP contribution in [0, 0.1) is 0 Å². The van der Waals surface area contributed by atoms with E-state index in [-0.39, 0.29) is 30.9 Å². The van der Waals surface area contributed by atoms with Gasteiger partial charge < -0.3 is 19.5 Å². The van der Waals surface area contributed by atoms with Gasteiger partial charge in [-0.1, -0.05) is 25.1 Å². The van der Waals surface area contributed by atoms with Gasteiger partial charge in [-0.3, -0.25) is 14.5 Å². The normalized spacial score (nSPS) is 14.8. The number of likely N-dealkylation sites (N-methyl/N-ethyl adjacent to an activating group) is 1. The first-order chi connectivity index (χ1) is 18.4. The van der Waals surface area contributed by atoms with E-state index in [2.05, 4.69) is 5.32 Å². The average Bonchev–Trinajstić information content (AvgIpc) is 3.63. The molecule has 1 aliphatic heterocycles. The van der Waals surface area contributed by atoms with E-state index in [1.807, 2.05) is 48.7 Å². The van der Waals surface area contributed by atoms with Crippen molar-refractivity contribution in [1.82, 2.24) is 9.91 Å². The van der Waals surface area contributed by atoms with Crippen LogP contribution >= 0.6 is 11.3 Å². The van der Waals surface area contributed by atoms with Gasteiger partial charge >= 0.3 is 0 Å². The monoisotopic (exact) mass is 536 g/mol. The van der Waals surface area contributed by atoms with Crippen molar-refractivity contribution >= 4 is 34.6 Å². The van der Waals surface area contributed by atoms with E-state index >= 15 is 0 Å². The Hall–Kier alpha value is -3.89. The summed E-state index contributed by atoms with van der Waals surface area (Å²) in [5.41, 5.74) is 2.38. The third-order valence-corrected chi connectivity index (χ3v) is 7.21. The molecule has 4 rings (SSSR count). The van der Waals surface area contributed by atoms with Crippen LogP contribution in [0.15, 0.2) is 65.1 Å². The maximum atomic E-state index is 13.6. The predicted molar refractivity (Wildman–Crippen MR) is 148 cm³/mol. The number of ether oxygens (including phenoxy) is 3. The molecule has 9 nitrogen and oxygen atoms in total. The van der Waals surface area contributed by atoms with Gasteiger partial charge in [0, 0.05) is 18.2 Å². The fourth-order valence-corrected chi connectivity index (χ4v) is 5.02. The van der Waals surface area contributed by atoms with Gasteiger partial charge in [0.2, 0.25) is 5.91 Å². The van der Waals surface area contributed by atoms with E-state index in [1.54, 1.807) is 60.8 Å². The molecule has 0 unspecified atom stereocenters. The van der Waals surface area contributed by atoms with Crippen molar-refractivity contribution in [3.8, 4) is 17.2 Å². The molecule has 0 fully saturated rings. The second-order valence-corrected chi connectivity index (χ2v) is 9.63. The van der Waals surface area contributed by atoms with Gasteiger partial charge in [-0.25, -0.2) is 5.01 Å². The smallest absolute Gasteiger partial charge is 0.257 e. The Morgan fingerprint density at radius 3 is 2.53 bits per heavy atom. The summed E-state index contributed by atoms with van der Waals surface area (Å²) in [5.74, 6) is 1.46. The lowest BCUT2D eigenvalue weighted by Gasteiger charge is -2.26. The summed E-state index contributed by atoms with van der Waals surface area (Å²) < 4.78 is 16.1. The molecular formula is C28H32N4O5S. The van der Waals surface area contributed by atoms with E-state index in [1.165, 1.54) is 0 Å². The molecule has 2 heterocycles. The molecule has 3 aromatic rings. The first-order valence-corrected chi connectivity index (χ1v) is 13.1. The highest BCUT2D eigenvalue weighted by Gasteiger charge is 2.34. The summed E-state index contributed by atoms with van der Waals surface area (Å²) in [7, 11) is 4.75. The van der Waals surface area contributed by atoms with Crippen LogP contribution in [-0.4, -0.2) is 68.4 Å². The Labute approximate surface area is 226 Å². The third-order valence-electron chi connectivity index (χ3n) is 6.29. The number of anilines is 1. The van der Waals surface area contributed by atoms with Gasteiger partial charge in [0.25, 0.3) is 5.91 Å². The van der Waals surface area contributed by atoms with Crippen molar-refractivity contribution < 1.29 is 23.8 Å². The van der Waals surface area contributed by atoms with E-state index in [0.29, 0.717) is 35.9 Å². The van der Waals surface area contributed by atoms with Crippen molar-refractivity contribution in [3.05, 3.63) is 70.4 Å². The first kappa shape index (κ1) is 27.2. The number of rotatable bonds is 11. The Balaban J connectivity index is 1.50. The van der Waals surface area contributed by atoms with E-state index in [4.69, 9.17) is 19.3 Å². The summed E-state index contributed by atoms with van der Waals surface area (Å²) in [5, 5.41) is 11.1. The molecule has 0 spiro atoms. The molecule has 1 aromatic heterocycles. The maximum absolute atomic E-state index is 13.6. The molecule has 200 valence electrons. The third kappa shape index (κ3) is 6.32. The lowest BCUT2D eigenvalue weighted by atomic mass is 10.0. The molecule has 1 aliphatic rings. The fourth-order valence-electron chi connectivity index (χ4n) is 4.30. The minimum absolute atomic E-state index is 0.0487. The van der Waals surface area contributed by atoms with Crippen LogP contribution < -0.4 is 19.5 Å². The minimum Gasteiger partial charge on any atom is -0.497 e. The molecule has 10 heteroatoms. The van der Waals surface area contributed by atoms with E-state index in [0.717, 1.165) is 16.2 Å². The van der Waals surface area contributed by atoms with Crippen LogP contribution in [0.25, 0.3) is 0 Å². The van der Waals surface area contributed by atoms with Crippen molar-refractivity contribution in [2.75, 3.05) is 46.3 Å². The number of amides is 2. The van der Waals surface area contributed by atoms with Crippen molar-refractivity contribution in [2.24, 2.45) is 5.10 Å². The molecule has 2 aromatic carbocycles. The molecule has 2 amide bonds. The second-order valence-electron chi connectivity index (χ2n) is 8.68. The Bertz CT molecular complexity index is 1290. The zero-order valence-corrected chi connectivity index (χ0v) is 22.8. The number of hydrogen-bond acceptors (Lipinski definition) is 8. The molecule has 38 heavy (non-hydrogen) atoms. The molecule has 0 aliphatic carbocycles. The summed E-state index contributed by atoms with van der Waals surface area (Å²) in [4.78, 5) is 29.1. The Kier molecular flexibility index (Phi) is 8.98.